The van der Waals surface area contributed by atoms with Crippen molar-refractivity contribution in [1.29, 1.82) is 0 Å². The quantitative estimate of drug-likeness (QED) is 0.891. The smallest absolute Gasteiger partial charge is 0.229 e. The molecule has 0 radical (unpaired) electrons. The molecule has 5 heteroatoms. The van der Waals surface area contributed by atoms with Crippen LogP contribution in [0, 0.1) is 11.7 Å². The number of piperidine rings is 1. The molecule has 1 atom stereocenters. The minimum absolute atomic E-state index is 0.0199. The number of likely N-dealkylation sites (tertiary alicyclic amines) is 1. The zero-order chi connectivity index (χ0) is 18.4. The van der Waals surface area contributed by atoms with Crippen LogP contribution >= 0.6 is 0 Å². The van der Waals surface area contributed by atoms with E-state index in [4.69, 9.17) is 0 Å². The monoisotopic (exact) mass is 354 g/mol. The maximum absolute atomic E-state index is 13.2. The first-order chi connectivity index (χ1) is 12.6. The summed E-state index contributed by atoms with van der Waals surface area (Å²) in [6, 6.07) is 15.7. The third-order valence-corrected chi connectivity index (χ3v) is 4.70. The molecule has 136 valence electrons. The van der Waals surface area contributed by atoms with Gasteiger partial charge in [0.2, 0.25) is 11.8 Å². The summed E-state index contributed by atoms with van der Waals surface area (Å²) >= 11 is 0. The molecule has 1 aliphatic rings. The summed E-state index contributed by atoms with van der Waals surface area (Å²) < 4.78 is 13.2. The first-order valence-electron chi connectivity index (χ1n) is 9.00. The number of anilines is 1. The largest absolute Gasteiger partial charge is 0.342 e. The average Bonchev–Trinajstić information content (AvgIpc) is 2.67. The third-order valence-electron chi connectivity index (χ3n) is 4.70. The number of halogens is 1. The van der Waals surface area contributed by atoms with E-state index in [2.05, 4.69) is 5.32 Å². The average molecular weight is 354 g/mol. The molecule has 3 rings (SSSR count). The fourth-order valence-corrected chi connectivity index (χ4v) is 3.29. The van der Waals surface area contributed by atoms with E-state index in [1.165, 1.54) is 12.1 Å². The van der Waals surface area contributed by atoms with Crippen molar-refractivity contribution < 1.29 is 14.0 Å². The molecular formula is C21H23FN2O2. The SMILES string of the molecule is O=C(Nc1ccccc1)C1CCCN(C(=O)CCc2cccc(F)c2)C1. The number of benzene rings is 2. The summed E-state index contributed by atoms with van der Waals surface area (Å²) in [6.07, 6.45) is 2.44. The van der Waals surface area contributed by atoms with Gasteiger partial charge in [0.15, 0.2) is 0 Å². The number of nitrogens with one attached hydrogen (secondary N) is 1. The molecule has 1 N–H and O–H groups in total. The predicted octanol–water partition coefficient (Wildman–Crippen LogP) is 3.64. The Labute approximate surface area is 153 Å². The highest BCUT2D eigenvalue weighted by molar-refractivity contribution is 5.93. The molecule has 4 nitrogen and oxygen atoms in total. The maximum atomic E-state index is 13.2. The number of amides is 2. The summed E-state index contributed by atoms with van der Waals surface area (Å²) in [6.45, 7) is 1.12. The number of aryl methyl sites for hydroxylation is 1. The summed E-state index contributed by atoms with van der Waals surface area (Å²) in [7, 11) is 0. The first-order valence-corrected chi connectivity index (χ1v) is 9.00. The Morgan fingerprint density at radius 3 is 2.69 bits per heavy atom. The topological polar surface area (TPSA) is 49.4 Å². The van der Waals surface area contributed by atoms with E-state index in [1.807, 2.05) is 36.4 Å². The van der Waals surface area contributed by atoms with Crippen molar-refractivity contribution in [1.82, 2.24) is 4.90 Å². The highest BCUT2D eigenvalue weighted by Gasteiger charge is 2.28. The van der Waals surface area contributed by atoms with Gasteiger partial charge in [-0.05, 0) is 49.1 Å². The molecule has 0 spiro atoms. The van der Waals surface area contributed by atoms with Gasteiger partial charge in [-0.1, -0.05) is 30.3 Å². The molecule has 0 bridgehead atoms. The van der Waals surface area contributed by atoms with E-state index in [9.17, 15) is 14.0 Å². The molecule has 1 saturated heterocycles. The van der Waals surface area contributed by atoms with Crippen LogP contribution in [-0.4, -0.2) is 29.8 Å². The molecule has 1 aliphatic heterocycles. The van der Waals surface area contributed by atoms with Crippen LogP contribution in [0.2, 0.25) is 0 Å². The van der Waals surface area contributed by atoms with Gasteiger partial charge >= 0.3 is 0 Å². The van der Waals surface area contributed by atoms with E-state index >= 15 is 0 Å². The lowest BCUT2D eigenvalue weighted by Gasteiger charge is -2.32. The minimum Gasteiger partial charge on any atom is -0.342 e. The van der Waals surface area contributed by atoms with Crippen LogP contribution in [0.3, 0.4) is 0 Å². The number of para-hydroxylation sites is 1. The molecule has 26 heavy (non-hydrogen) atoms. The highest BCUT2D eigenvalue weighted by Crippen LogP contribution is 2.20. The van der Waals surface area contributed by atoms with Gasteiger partial charge in [0.05, 0.1) is 5.92 Å². The second-order valence-electron chi connectivity index (χ2n) is 6.66. The zero-order valence-electron chi connectivity index (χ0n) is 14.7. The fraction of sp³-hybridized carbons (Fsp3) is 0.333. The molecule has 1 unspecified atom stereocenters. The Hall–Kier alpha value is -2.69. The van der Waals surface area contributed by atoms with Crippen molar-refractivity contribution in [3.05, 3.63) is 66.0 Å². The van der Waals surface area contributed by atoms with Crippen molar-refractivity contribution in [2.24, 2.45) is 5.92 Å². The molecule has 0 aromatic heterocycles. The maximum Gasteiger partial charge on any atom is 0.229 e. The summed E-state index contributed by atoms with van der Waals surface area (Å²) in [4.78, 5) is 26.7. The van der Waals surface area contributed by atoms with Crippen molar-refractivity contribution in [3.63, 3.8) is 0 Å². The second-order valence-corrected chi connectivity index (χ2v) is 6.66. The molecule has 0 aliphatic carbocycles. The lowest BCUT2D eigenvalue weighted by Crippen LogP contribution is -2.43. The Morgan fingerprint density at radius 1 is 1.12 bits per heavy atom. The number of carbonyl (C=O) groups excluding carboxylic acids is 2. The molecule has 0 saturated carbocycles. The van der Waals surface area contributed by atoms with Crippen LogP contribution in [0.5, 0.6) is 0 Å². The Balaban J connectivity index is 1.52. The van der Waals surface area contributed by atoms with Gasteiger partial charge in [0.25, 0.3) is 0 Å². The van der Waals surface area contributed by atoms with E-state index in [0.717, 1.165) is 24.1 Å². The van der Waals surface area contributed by atoms with Crippen molar-refractivity contribution >= 4 is 17.5 Å². The lowest BCUT2D eigenvalue weighted by atomic mass is 9.96. The van der Waals surface area contributed by atoms with Gasteiger partial charge < -0.3 is 10.2 Å². The number of hydrogen-bond acceptors (Lipinski definition) is 2. The summed E-state index contributed by atoms with van der Waals surface area (Å²) in [5.74, 6) is -0.502. The van der Waals surface area contributed by atoms with Gasteiger partial charge in [-0.2, -0.15) is 0 Å². The van der Waals surface area contributed by atoms with Crippen LogP contribution in [0.25, 0.3) is 0 Å². The standard InChI is InChI=1S/C21H23FN2O2/c22-18-8-4-6-16(14-18)11-12-20(25)24-13-5-7-17(15-24)21(26)23-19-9-2-1-3-10-19/h1-4,6,8-10,14,17H,5,7,11-13,15H2,(H,23,26). The number of rotatable bonds is 5. The zero-order valence-corrected chi connectivity index (χ0v) is 14.7. The lowest BCUT2D eigenvalue weighted by molar-refractivity contribution is -0.134. The van der Waals surface area contributed by atoms with E-state index in [-0.39, 0.29) is 23.5 Å². The molecule has 2 aromatic carbocycles. The fourth-order valence-electron chi connectivity index (χ4n) is 3.29. The normalized spacial score (nSPS) is 17.0. The highest BCUT2D eigenvalue weighted by atomic mass is 19.1. The van der Waals surface area contributed by atoms with Gasteiger partial charge in [-0.15, -0.1) is 0 Å². The summed E-state index contributed by atoms with van der Waals surface area (Å²) in [5.41, 5.74) is 1.58. The van der Waals surface area contributed by atoms with Crippen LogP contribution in [-0.2, 0) is 16.0 Å². The Morgan fingerprint density at radius 2 is 1.92 bits per heavy atom. The number of hydrogen-bond donors (Lipinski definition) is 1. The van der Waals surface area contributed by atoms with Crippen LogP contribution < -0.4 is 5.32 Å². The predicted molar refractivity (Wildman–Crippen MR) is 99.1 cm³/mol. The van der Waals surface area contributed by atoms with Crippen molar-refractivity contribution in [2.75, 3.05) is 18.4 Å². The molecule has 2 aromatic rings. The van der Waals surface area contributed by atoms with Crippen molar-refractivity contribution in [3.8, 4) is 0 Å². The molecule has 2 amide bonds. The van der Waals surface area contributed by atoms with Crippen LogP contribution in [0.4, 0.5) is 10.1 Å². The van der Waals surface area contributed by atoms with Gasteiger partial charge in [0.1, 0.15) is 5.82 Å². The van der Waals surface area contributed by atoms with Crippen molar-refractivity contribution in [2.45, 2.75) is 25.7 Å². The van der Waals surface area contributed by atoms with Crippen LogP contribution in [0.1, 0.15) is 24.8 Å². The van der Waals surface area contributed by atoms with E-state index < -0.39 is 0 Å². The van der Waals surface area contributed by atoms with Gasteiger partial charge in [0, 0.05) is 25.2 Å². The third kappa shape index (κ3) is 4.91. The summed E-state index contributed by atoms with van der Waals surface area (Å²) in [5, 5.41) is 2.92. The minimum atomic E-state index is -0.287. The molecular weight excluding hydrogens is 331 g/mol. The Bertz CT molecular complexity index is 764. The number of nitrogens with zero attached hydrogens (tertiary/aromatic N) is 1. The Kier molecular flexibility index (Phi) is 6.00. The first kappa shape index (κ1) is 18.1. The number of carbonyl (C=O) groups is 2. The van der Waals surface area contributed by atoms with Gasteiger partial charge in [-0.25, -0.2) is 4.39 Å². The second kappa shape index (κ2) is 8.61. The van der Waals surface area contributed by atoms with Crippen LogP contribution in [0.15, 0.2) is 54.6 Å². The van der Waals surface area contributed by atoms with E-state index in [1.54, 1.807) is 11.0 Å². The van der Waals surface area contributed by atoms with Gasteiger partial charge in [-0.3, -0.25) is 9.59 Å². The molecule has 1 fully saturated rings. The molecule has 1 heterocycles. The van der Waals surface area contributed by atoms with E-state index in [0.29, 0.717) is 25.9 Å².